The normalized spacial score (nSPS) is 11.1. The van der Waals surface area contributed by atoms with Crippen LogP contribution >= 0.6 is 11.3 Å². The maximum absolute atomic E-state index is 11.8. The van der Waals surface area contributed by atoms with Crippen LogP contribution in [0.2, 0.25) is 0 Å². The van der Waals surface area contributed by atoms with Gasteiger partial charge in [0.15, 0.2) is 0 Å². The molecule has 0 aliphatic rings. The predicted molar refractivity (Wildman–Crippen MR) is 89.6 cm³/mol. The molecule has 0 radical (unpaired) electrons. The number of carbonyl (C=O) groups excluding carboxylic acids is 1. The molecule has 5 heteroatoms. The minimum absolute atomic E-state index is 0.119. The predicted octanol–water partition coefficient (Wildman–Crippen LogP) is 3.06. The van der Waals surface area contributed by atoms with Crippen molar-refractivity contribution < 1.29 is 4.79 Å². The molecule has 1 aromatic carbocycles. The Bertz CT molecular complexity index is 797. The van der Waals surface area contributed by atoms with Gasteiger partial charge in [0.05, 0.1) is 22.9 Å². The molecule has 0 atom stereocenters. The number of hydrogen-bond acceptors (Lipinski definition) is 4. The molecule has 3 rings (SSSR count). The van der Waals surface area contributed by atoms with E-state index in [0.717, 1.165) is 17.5 Å². The van der Waals surface area contributed by atoms with E-state index < -0.39 is 0 Å². The molecule has 2 heterocycles. The summed E-state index contributed by atoms with van der Waals surface area (Å²) in [7, 11) is 0. The Balaban J connectivity index is 1.56. The maximum Gasteiger partial charge on any atom is 0.244 e. The molecule has 4 nitrogen and oxygen atoms in total. The second-order valence-corrected chi connectivity index (χ2v) is 5.77. The number of thiophene rings is 1. The molecule has 0 aliphatic carbocycles. The molecule has 22 heavy (non-hydrogen) atoms. The van der Waals surface area contributed by atoms with E-state index in [2.05, 4.69) is 21.4 Å². The summed E-state index contributed by atoms with van der Waals surface area (Å²) >= 11 is 1.70. The van der Waals surface area contributed by atoms with Gasteiger partial charge in [0.1, 0.15) is 0 Å². The van der Waals surface area contributed by atoms with Crippen molar-refractivity contribution >= 4 is 34.4 Å². The molecule has 0 saturated heterocycles. The quantitative estimate of drug-likeness (QED) is 0.737. The van der Waals surface area contributed by atoms with Crippen LogP contribution in [0.4, 0.5) is 0 Å². The fourth-order valence-corrected chi connectivity index (χ4v) is 2.74. The molecule has 0 unspecified atom stereocenters. The fourth-order valence-electron chi connectivity index (χ4n) is 2.04. The number of hydrogen-bond donors (Lipinski definition) is 1. The standard InChI is InChI=1S/C17H15N3OS/c21-17(18-10-9-14-4-3-11-22-14)8-7-13-12-19-15-5-1-2-6-16(15)20-13/h1-8,11-12H,9-10H2,(H,18,21). The third-order valence-corrected chi connectivity index (χ3v) is 4.06. The van der Waals surface area contributed by atoms with Crippen LogP contribution in [0.1, 0.15) is 10.6 Å². The molecular formula is C17H15N3OS. The average Bonchev–Trinajstić information content (AvgIpc) is 3.06. The van der Waals surface area contributed by atoms with Crippen molar-refractivity contribution in [2.24, 2.45) is 0 Å². The van der Waals surface area contributed by atoms with Gasteiger partial charge in [0.2, 0.25) is 5.91 Å². The van der Waals surface area contributed by atoms with Gasteiger partial charge in [-0.05, 0) is 36.1 Å². The van der Waals surface area contributed by atoms with Crippen LogP contribution in [0.25, 0.3) is 17.1 Å². The Hall–Kier alpha value is -2.53. The van der Waals surface area contributed by atoms with Gasteiger partial charge in [0.25, 0.3) is 0 Å². The topological polar surface area (TPSA) is 54.9 Å². The number of para-hydroxylation sites is 2. The summed E-state index contributed by atoms with van der Waals surface area (Å²) in [6.45, 7) is 0.632. The number of fused-ring (bicyclic) bond motifs is 1. The van der Waals surface area contributed by atoms with E-state index >= 15 is 0 Å². The first-order chi connectivity index (χ1) is 10.8. The molecule has 0 fully saturated rings. The second-order valence-electron chi connectivity index (χ2n) is 4.74. The van der Waals surface area contributed by atoms with Crippen LogP contribution in [0, 0.1) is 0 Å². The van der Waals surface area contributed by atoms with Crippen LogP contribution in [-0.4, -0.2) is 22.4 Å². The van der Waals surface area contributed by atoms with Crippen LogP contribution < -0.4 is 5.32 Å². The van der Waals surface area contributed by atoms with Gasteiger partial charge in [-0.25, -0.2) is 4.98 Å². The van der Waals surface area contributed by atoms with Gasteiger partial charge in [0, 0.05) is 17.5 Å². The van der Waals surface area contributed by atoms with Crippen molar-refractivity contribution in [3.63, 3.8) is 0 Å². The number of nitrogens with one attached hydrogen (secondary N) is 1. The van der Waals surface area contributed by atoms with Crippen LogP contribution in [0.5, 0.6) is 0 Å². The average molecular weight is 309 g/mol. The van der Waals surface area contributed by atoms with E-state index in [4.69, 9.17) is 0 Å². The van der Waals surface area contributed by atoms with Crippen molar-refractivity contribution in [3.05, 3.63) is 64.6 Å². The molecule has 0 spiro atoms. The first-order valence-electron chi connectivity index (χ1n) is 7.01. The summed E-state index contributed by atoms with van der Waals surface area (Å²) in [5, 5.41) is 4.90. The molecule has 0 saturated carbocycles. The molecule has 2 aromatic heterocycles. The molecule has 1 amide bonds. The Kier molecular flexibility index (Phi) is 4.56. The summed E-state index contributed by atoms with van der Waals surface area (Å²) in [5.41, 5.74) is 2.34. The monoisotopic (exact) mass is 309 g/mol. The lowest BCUT2D eigenvalue weighted by Gasteiger charge is -2.00. The number of rotatable bonds is 5. The van der Waals surface area contributed by atoms with E-state index in [0.29, 0.717) is 12.2 Å². The van der Waals surface area contributed by atoms with Gasteiger partial charge in [-0.3, -0.25) is 9.78 Å². The molecule has 0 bridgehead atoms. The Morgan fingerprint density at radius 1 is 1.18 bits per heavy atom. The molecule has 110 valence electrons. The zero-order valence-corrected chi connectivity index (χ0v) is 12.7. The minimum atomic E-state index is -0.119. The smallest absolute Gasteiger partial charge is 0.244 e. The molecule has 0 aliphatic heterocycles. The number of benzene rings is 1. The minimum Gasteiger partial charge on any atom is -0.352 e. The number of amides is 1. The van der Waals surface area contributed by atoms with Gasteiger partial charge in [-0.1, -0.05) is 18.2 Å². The number of aromatic nitrogens is 2. The molecule has 1 N–H and O–H groups in total. The summed E-state index contributed by atoms with van der Waals surface area (Å²) in [6, 6.07) is 11.7. The SMILES string of the molecule is O=C(C=Cc1cnc2ccccc2n1)NCCc1cccs1. The summed E-state index contributed by atoms with van der Waals surface area (Å²) < 4.78 is 0. The second kappa shape index (κ2) is 6.95. The lowest BCUT2D eigenvalue weighted by molar-refractivity contribution is -0.116. The summed E-state index contributed by atoms with van der Waals surface area (Å²) in [5.74, 6) is -0.119. The molecule has 3 aromatic rings. The van der Waals surface area contributed by atoms with Gasteiger partial charge >= 0.3 is 0 Å². The number of carbonyl (C=O) groups is 1. The van der Waals surface area contributed by atoms with E-state index in [-0.39, 0.29) is 5.91 Å². The van der Waals surface area contributed by atoms with E-state index in [9.17, 15) is 4.79 Å². The van der Waals surface area contributed by atoms with Crippen LogP contribution in [0.3, 0.4) is 0 Å². The van der Waals surface area contributed by atoms with Crippen molar-refractivity contribution in [2.45, 2.75) is 6.42 Å². The van der Waals surface area contributed by atoms with Crippen molar-refractivity contribution in [3.8, 4) is 0 Å². The lowest BCUT2D eigenvalue weighted by atomic mass is 10.3. The van der Waals surface area contributed by atoms with E-state index in [1.807, 2.05) is 35.7 Å². The van der Waals surface area contributed by atoms with E-state index in [1.165, 1.54) is 11.0 Å². The first kappa shape index (κ1) is 14.4. The summed E-state index contributed by atoms with van der Waals surface area (Å²) in [6.07, 6.45) is 5.69. The fraction of sp³-hybridized carbons (Fsp3) is 0.118. The zero-order chi connectivity index (χ0) is 15.2. The van der Waals surface area contributed by atoms with Gasteiger partial charge in [-0.15, -0.1) is 11.3 Å². The van der Waals surface area contributed by atoms with Crippen molar-refractivity contribution in [1.82, 2.24) is 15.3 Å². The Morgan fingerprint density at radius 3 is 2.86 bits per heavy atom. The Morgan fingerprint density at radius 2 is 2.05 bits per heavy atom. The van der Waals surface area contributed by atoms with Crippen molar-refractivity contribution in [2.75, 3.05) is 6.54 Å². The summed E-state index contributed by atoms with van der Waals surface area (Å²) in [4.78, 5) is 21.8. The van der Waals surface area contributed by atoms with E-state index in [1.54, 1.807) is 23.6 Å². The third kappa shape index (κ3) is 3.77. The highest BCUT2D eigenvalue weighted by molar-refractivity contribution is 7.09. The Labute approximate surface area is 132 Å². The van der Waals surface area contributed by atoms with Gasteiger partial charge < -0.3 is 5.32 Å². The van der Waals surface area contributed by atoms with Crippen LogP contribution in [-0.2, 0) is 11.2 Å². The zero-order valence-electron chi connectivity index (χ0n) is 11.9. The number of nitrogens with zero attached hydrogens (tertiary/aromatic N) is 2. The largest absolute Gasteiger partial charge is 0.352 e. The highest BCUT2D eigenvalue weighted by atomic mass is 32.1. The lowest BCUT2D eigenvalue weighted by Crippen LogP contribution is -2.23. The first-order valence-corrected chi connectivity index (χ1v) is 7.89. The maximum atomic E-state index is 11.8. The van der Waals surface area contributed by atoms with Gasteiger partial charge in [-0.2, -0.15) is 0 Å². The van der Waals surface area contributed by atoms with Crippen LogP contribution in [0.15, 0.2) is 54.1 Å². The molecular weight excluding hydrogens is 294 g/mol. The van der Waals surface area contributed by atoms with Crippen molar-refractivity contribution in [1.29, 1.82) is 0 Å². The highest BCUT2D eigenvalue weighted by Crippen LogP contribution is 2.09. The third-order valence-electron chi connectivity index (χ3n) is 3.12. The highest BCUT2D eigenvalue weighted by Gasteiger charge is 1.99.